The molecule has 1 aliphatic carbocycles. The Kier molecular flexibility index (Phi) is 11.4. The van der Waals surface area contributed by atoms with E-state index in [0.29, 0.717) is 41.8 Å². The van der Waals surface area contributed by atoms with Crippen molar-refractivity contribution in [2.75, 3.05) is 6.61 Å². The number of ether oxygens (including phenoxy) is 2. The minimum absolute atomic E-state index is 0. The SMILES string of the molecule is CC(C)c1cccc(C(C)C)c1-c1cc(Oc2[c-]c(-n3c4ccc(C(C)(C)C)cc4c4cccnc43)cc(C(C)(C)C)c2)[c-]c(C2=N[C@](C)(C3CCCC3)CO2)c1.[Pt+2]. The first-order valence-electron chi connectivity index (χ1n) is 21.1. The molecule has 1 saturated carbocycles. The van der Waals surface area contributed by atoms with Crippen LogP contribution in [0.4, 0.5) is 0 Å². The van der Waals surface area contributed by atoms with Gasteiger partial charge in [0.25, 0.3) is 0 Å². The summed E-state index contributed by atoms with van der Waals surface area (Å²) >= 11 is 0. The van der Waals surface area contributed by atoms with Crippen molar-refractivity contribution in [2.45, 2.75) is 130 Å². The summed E-state index contributed by atoms with van der Waals surface area (Å²) in [5, 5.41) is 2.30. The van der Waals surface area contributed by atoms with Crippen molar-refractivity contribution >= 4 is 27.8 Å². The van der Waals surface area contributed by atoms with Crippen LogP contribution in [-0.4, -0.2) is 27.6 Å². The molecule has 0 amide bonds. The summed E-state index contributed by atoms with van der Waals surface area (Å²) in [5.41, 5.74) is 10.7. The first kappa shape index (κ1) is 41.9. The number of benzene rings is 4. The fourth-order valence-corrected chi connectivity index (χ4v) is 8.96. The van der Waals surface area contributed by atoms with E-state index in [-0.39, 0.29) is 37.4 Å². The van der Waals surface area contributed by atoms with Gasteiger partial charge in [-0.25, -0.2) is 4.98 Å². The predicted octanol–water partition coefficient (Wildman–Crippen LogP) is 13.8. The molecule has 5 nitrogen and oxygen atoms in total. The molecule has 0 saturated heterocycles. The second-order valence-corrected chi connectivity index (χ2v) is 19.5. The molecular formula is C52H59N3O2Pt. The van der Waals surface area contributed by atoms with Crippen LogP contribution in [0.15, 0.2) is 84.0 Å². The third-order valence-corrected chi connectivity index (χ3v) is 12.4. The van der Waals surface area contributed by atoms with Crippen molar-refractivity contribution < 1.29 is 30.5 Å². The van der Waals surface area contributed by atoms with Gasteiger partial charge in [0.2, 0.25) is 0 Å². The summed E-state index contributed by atoms with van der Waals surface area (Å²) in [4.78, 5) is 10.3. The maximum atomic E-state index is 7.00. The summed E-state index contributed by atoms with van der Waals surface area (Å²) in [6, 6.07) is 33.8. The molecule has 3 heterocycles. The fourth-order valence-electron chi connectivity index (χ4n) is 8.96. The standard InChI is InChI=1S/C52H59N3O2.Pt/c1-32(2)42-18-14-19-43(33(3)4)47(42)34-24-35(49-54-52(11,31-56-49)36-16-12-13-17-36)26-40(25-34)57-41-28-38(51(8,9)10)27-39(30-41)55-46-22-21-37(50(5,6)7)29-45(46)44-20-15-23-53-48(44)55;/h14-15,18-25,27-29,32-33,36H,12-13,16-17,31H2,1-11H3;/q-2;+2/t52-;/m0./s1. The Balaban J connectivity index is 0.00000512. The molecule has 0 N–H and O–H groups in total. The number of aromatic nitrogens is 2. The van der Waals surface area contributed by atoms with E-state index in [9.17, 15) is 0 Å². The summed E-state index contributed by atoms with van der Waals surface area (Å²) in [6.07, 6.45) is 6.82. The molecule has 6 aromatic rings. The van der Waals surface area contributed by atoms with Crippen LogP contribution in [0.2, 0.25) is 0 Å². The number of hydrogen-bond acceptors (Lipinski definition) is 4. The average molecular weight is 953 g/mol. The zero-order chi connectivity index (χ0) is 40.4. The molecular weight excluding hydrogens is 894 g/mol. The van der Waals surface area contributed by atoms with Gasteiger partial charge in [-0.05, 0) is 94.9 Å². The molecule has 304 valence electrons. The Hall–Kier alpha value is -4.21. The number of rotatable bonds is 8. The monoisotopic (exact) mass is 952 g/mol. The molecule has 1 atom stereocenters. The van der Waals surface area contributed by atoms with Gasteiger partial charge in [-0.2, -0.15) is 0 Å². The van der Waals surface area contributed by atoms with Crippen LogP contribution in [0, 0.1) is 18.1 Å². The van der Waals surface area contributed by atoms with Crippen LogP contribution in [-0.2, 0) is 36.6 Å². The number of pyridine rings is 1. The first-order chi connectivity index (χ1) is 27.0. The molecule has 4 aromatic carbocycles. The predicted molar refractivity (Wildman–Crippen MR) is 237 cm³/mol. The van der Waals surface area contributed by atoms with Gasteiger partial charge in [0.15, 0.2) is 0 Å². The molecule has 58 heavy (non-hydrogen) atoms. The summed E-state index contributed by atoms with van der Waals surface area (Å²) < 4.78 is 15.7. The van der Waals surface area contributed by atoms with E-state index in [1.54, 1.807) is 0 Å². The van der Waals surface area contributed by atoms with Crippen LogP contribution in [0.25, 0.3) is 38.8 Å². The second kappa shape index (κ2) is 15.8. The van der Waals surface area contributed by atoms with Crippen molar-refractivity contribution in [3.63, 3.8) is 0 Å². The molecule has 0 bridgehead atoms. The summed E-state index contributed by atoms with van der Waals surface area (Å²) in [5.74, 6) is 3.09. The summed E-state index contributed by atoms with van der Waals surface area (Å²) in [6.45, 7) is 25.5. The number of aliphatic imine (C=N–C) groups is 1. The van der Waals surface area contributed by atoms with Gasteiger partial charge in [-0.3, -0.25) is 4.99 Å². The van der Waals surface area contributed by atoms with E-state index >= 15 is 0 Å². The average Bonchev–Trinajstić information content (AvgIpc) is 3.92. The van der Waals surface area contributed by atoms with Gasteiger partial charge in [0.1, 0.15) is 18.2 Å². The van der Waals surface area contributed by atoms with E-state index < -0.39 is 0 Å². The van der Waals surface area contributed by atoms with Crippen LogP contribution >= 0.6 is 0 Å². The normalized spacial score (nSPS) is 17.6. The van der Waals surface area contributed by atoms with Gasteiger partial charge in [-0.15, -0.1) is 29.8 Å². The molecule has 1 aliphatic heterocycles. The van der Waals surface area contributed by atoms with E-state index in [1.807, 2.05) is 12.3 Å². The van der Waals surface area contributed by atoms with E-state index in [1.165, 1.54) is 53.3 Å². The molecule has 0 spiro atoms. The van der Waals surface area contributed by atoms with Gasteiger partial charge in [-0.1, -0.05) is 135 Å². The van der Waals surface area contributed by atoms with Crippen molar-refractivity contribution in [2.24, 2.45) is 10.9 Å². The zero-order valence-electron chi connectivity index (χ0n) is 36.2. The van der Waals surface area contributed by atoms with Crippen LogP contribution in [0.1, 0.15) is 141 Å². The number of hydrogen-bond donors (Lipinski definition) is 0. The van der Waals surface area contributed by atoms with Crippen LogP contribution in [0.3, 0.4) is 0 Å². The van der Waals surface area contributed by atoms with Gasteiger partial charge >= 0.3 is 21.1 Å². The van der Waals surface area contributed by atoms with Crippen LogP contribution < -0.4 is 4.74 Å². The maximum absolute atomic E-state index is 7.00. The molecule has 0 radical (unpaired) electrons. The Morgan fingerprint density at radius 2 is 1.45 bits per heavy atom. The molecule has 0 unspecified atom stereocenters. The quantitative estimate of drug-likeness (QED) is 0.143. The Bertz CT molecular complexity index is 2480. The minimum Gasteiger partial charge on any atom is -0.518 e. The second-order valence-electron chi connectivity index (χ2n) is 19.5. The zero-order valence-corrected chi connectivity index (χ0v) is 38.5. The number of fused-ring (bicyclic) bond motifs is 3. The molecule has 6 heteroatoms. The van der Waals surface area contributed by atoms with Crippen LogP contribution in [0.5, 0.6) is 11.5 Å². The smallest absolute Gasteiger partial charge is 0.518 e. The van der Waals surface area contributed by atoms with Gasteiger partial charge in [0.05, 0.1) is 11.1 Å². The maximum Gasteiger partial charge on any atom is 2.00 e. The molecule has 2 aromatic heterocycles. The third kappa shape index (κ3) is 7.93. The Morgan fingerprint density at radius 3 is 2.10 bits per heavy atom. The topological polar surface area (TPSA) is 48.6 Å². The first-order valence-corrected chi connectivity index (χ1v) is 21.1. The van der Waals surface area contributed by atoms with Crippen molar-refractivity contribution in [1.29, 1.82) is 0 Å². The largest absolute Gasteiger partial charge is 2.00 e. The number of nitrogens with zero attached hydrogens (tertiary/aromatic N) is 3. The van der Waals surface area contributed by atoms with Crippen molar-refractivity contribution in [1.82, 2.24) is 9.55 Å². The van der Waals surface area contributed by atoms with E-state index in [4.69, 9.17) is 19.5 Å². The Morgan fingerprint density at radius 1 is 0.776 bits per heavy atom. The van der Waals surface area contributed by atoms with Crippen molar-refractivity contribution in [3.8, 4) is 28.3 Å². The fraction of sp³-hybridized carbons (Fsp3) is 0.423. The third-order valence-electron chi connectivity index (χ3n) is 12.4. The van der Waals surface area contributed by atoms with E-state index in [0.717, 1.165) is 38.9 Å². The van der Waals surface area contributed by atoms with Crippen molar-refractivity contribution in [3.05, 3.63) is 119 Å². The van der Waals surface area contributed by atoms with Gasteiger partial charge in [0, 0.05) is 28.5 Å². The molecule has 8 rings (SSSR count). The molecule has 2 aliphatic rings. The van der Waals surface area contributed by atoms with Gasteiger partial charge < -0.3 is 14.0 Å². The minimum atomic E-state index is -0.233. The Labute approximate surface area is 360 Å². The van der Waals surface area contributed by atoms with E-state index in [2.05, 4.69) is 160 Å². The molecule has 1 fully saturated rings. The summed E-state index contributed by atoms with van der Waals surface area (Å²) in [7, 11) is 0.